The van der Waals surface area contributed by atoms with Gasteiger partial charge in [0.2, 0.25) is 5.91 Å². The Labute approximate surface area is 126 Å². The Morgan fingerprint density at radius 2 is 2.10 bits per heavy atom. The summed E-state index contributed by atoms with van der Waals surface area (Å²) in [4.78, 5) is 13.2. The first kappa shape index (κ1) is 16.8. The van der Waals surface area contributed by atoms with Crippen LogP contribution in [0.3, 0.4) is 0 Å². The minimum atomic E-state index is 0.0509. The standard InChI is InChI=1S/C16H24ClNO2/c1-12(2)15-6-5-14(11-13(15)3)20-10-9-18(4)16(19)7-8-17/h5-6,11-12H,7-10H2,1-4H3. The number of amides is 1. The van der Waals surface area contributed by atoms with Crippen LogP contribution in [0.15, 0.2) is 18.2 Å². The van der Waals surface area contributed by atoms with Gasteiger partial charge < -0.3 is 9.64 Å². The summed E-state index contributed by atoms with van der Waals surface area (Å²) >= 11 is 5.55. The number of likely N-dealkylation sites (N-methyl/N-ethyl adjacent to an activating group) is 1. The van der Waals surface area contributed by atoms with Crippen LogP contribution in [0.4, 0.5) is 0 Å². The molecule has 0 spiro atoms. The zero-order valence-corrected chi connectivity index (χ0v) is 13.5. The summed E-state index contributed by atoms with van der Waals surface area (Å²) in [5.41, 5.74) is 2.58. The molecule has 0 bridgehead atoms. The monoisotopic (exact) mass is 297 g/mol. The number of benzene rings is 1. The highest BCUT2D eigenvalue weighted by molar-refractivity contribution is 6.18. The van der Waals surface area contributed by atoms with Gasteiger partial charge in [-0.3, -0.25) is 4.79 Å². The second-order valence-electron chi connectivity index (χ2n) is 5.28. The average Bonchev–Trinajstić information content (AvgIpc) is 2.38. The zero-order valence-electron chi connectivity index (χ0n) is 12.8. The molecule has 0 heterocycles. The first-order valence-corrected chi connectivity index (χ1v) is 7.52. The lowest BCUT2D eigenvalue weighted by Crippen LogP contribution is -2.30. The molecule has 0 radical (unpaired) electrons. The van der Waals surface area contributed by atoms with E-state index in [-0.39, 0.29) is 5.91 Å². The molecular formula is C16H24ClNO2. The molecule has 0 aliphatic carbocycles. The lowest BCUT2D eigenvalue weighted by atomic mass is 9.98. The Morgan fingerprint density at radius 1 is 1.40 bits per heavy atom. The van der Waals surface area contributed by atoms with Crippen molar-refractivity contribution in [3.63, 3.8) is 0 Å². The maximum atomic E-state index is 11.5. The lowest BCUT2D eigenvalue weighted by Gasteiger charge is -2.17. The fourth-order valence-electron chi connectivity index (χ4n) is 2.08. The van der Waals surface area contributed by atoms with Gasteiger partial charge in [0.05, 0.1) is 6.54 Å². The lowest BCUT2D eigenvalue weighted by molar-refractivity contribution is -0.129. The molecule has 1 rings (SSSR count). The van der Waals surface area contributed by atoms with E-state index in [0.29, 0.717) is 31.4 Å². The van der Waals surface area contributed by atoms with Crippen molar-refractivity contribution in [3.05, 3.63) is 29.3 Å². The molecule has 4 heteroatoms. The molecule has 1 amide bonds. The van der Waals surface area contributed by atoms with E-state index in [2.05, 4.69) is 32.9 Å². The van der Waals surface area contributed by atoms with Crippen LogP contribution < -0.4 is 4.74 Å². The van der Waals surface area contributed by atoms with E-state index in [1.807, 2.05) is 6.07 Å². The molecule has 0 aliphatic rings. The van der Waals surface area contributed by atoms with Gasteiger partial charge in [-0.25, -0.2) is 0 Å². The Balaban J connectivity index is 2.46. The third kappa shape index (κ3) is 5.04. The Bertz CT molecular complexity index is 446. The molecule has 0 atom stereocenters. The fraction of sp³-hybridized carbons (Fsp3) is 0.562. The minimum Gasteiger partial charge on any atom is -0.492 e. The van der Waals surface area contributed by atoms with Crippen LogP contribution in [-0.4, -0.2) is 36.9 Å². The van der Waals surface area contributed by atoms with Gasteiger partial charge >= 0.3 is 0 Å². The second-order valence-corrected chi connectivity index (χ2v) is 5.65. The number of carbonyl (C=O) groups excluding carboxylic acids is 1. The second kappa shape index (κ2) is 8.15. The Morgan fingerprint density at radius 3 is 2.65 bits per heavy atom. The third-order valence-corrected chi connectivity index (χ3v) is 3.48. The van der Waals surface area contributed by atoms with Gasteiger partial charge in [-0.05, 0) is 36.1 Å². The van der Waals surface area contributed by atoms with E-state index < -0.39 is 0 Å². The molecule has 112 valence electrons. The molecule has 1 aromatic rings. The number of carbonyl (C=O) groups is 1. The van der Waals surface area contributed by atoms with E-state index in [1.54, 1.807) is 11.9 Å². The number of alkyl halides is 1. The molecule has 20 heavy (non-hydrogen) atoms. The van der Waals surface area contributed by atoms with Gasteiger partial charge in [-0.2, -0.15) is 0 Å². The molecule has 0 N–H and O–H groups in total. The van der Waals surface area contributed by atoms with Crippen molar-refractivity contribution in [1.29, 1.82) is 0 Å². The highest BCUT2D eigenvalue weighted by atomic mass is 35.5. The van der Waals surface area contributed by atoms with Crippen molar-refractivity contribution in [2.24, 2.45) is 0 Å². The number of nitrogens with zero attached hydrogens (tertiary/aromatic N) is 1. The van der Waals surface area contributed by atoms with Crippen LogP contribution >= 0.6 is 11.6 Å². The van der Waals surface area contributed by atoms with Gasteiger partial charge in [-0.1, -0.05) is 19.9 Å². The van der Waals surface area contributed by atoms with Gasteiger partial charge in [-0.15, -0.1) is 11.6 Å². The smallest absolute Gasteiger partial charge is 0.223 e. The van der Waals surface area contributed by atoms with E-state index in [1.165, 1.54) is 11.1 Å². The van der Waals surface area contributed by atoms with Crippen molar-refractivity contribution < 1.29 is 9.53 Å². The molecule has 0 unspecified atom stereocenters. The number of hydrogen-bond acceptors (Lipinski definition) is 2. The van der Waals surface area contributed by atoms with E-state index in [9.17, 15) is 4.79 Å². The number of ether oxygens (including phenoxy) is 1. The fourth-order valence-corrected chi connectivity index (χ4v) is 2.24. The van der Waals surface area contributed by atoms with Crippen LogP contribution in [0, 0.1) is 6.92 Å². The predicted molar refractivity (Wildman–Crippen MR) is 83.7 cm³/mol. The average molecular weight is 298 g/mol. The van der Waals surface area contributed by atoms with E-state index >= 15 is 0 Å². The molecule has 0 saturated carbocycles. The summed E-state index contributed by atoms with van der Waals surface area (Å²) in [5.74, 6) is 1.78. The van der Waals surface area contributed by atoms with Crippen molar-refractivity contribution in [2.45, 2.75) is 33.1 Å². The summed E-state index contributed by atoms with van der Waals surface area (Å²) < 4.78 is 5.69. The highest BCUT2D eigenvalue weighted by Gasteiger charge is 2.08. The summed E-state index contributed by atoms with van der Waals surface area (Å²) in [7, 11) is 1.77. The molecule has 0 aliphatic heterocycles. The Kier molecular flexibility index (Phi) is 6.86. The molecule has 1 aromatic carbocycles. The minimum absolute atomic E-state index is 0.0509. The quantitative estimate of drug-likeness (QED) is 0.720. The topological polar surface area (TPSA) is 29.5 Å². The van der Waals surface area contributed by atoms with Crippen LogP contribution in [0.5, 0.6) is 5.75 Å². The molecule has 0 aromatic heterocycles. The van der Waals surface area contributed by atoms with Crippen molar-refractivity contribution >= 4 is 17.5 Å². The van der Waals surface area contributed by atoms with Gasteiger partial charge in [0, 0.05) is 19.3 Å². The van der Waals surface area contributed by atoms with Crippen LogP contribution in [0.1, 0.15) is 37.3 Å². The number of aryl methyl sites for hydroxylation is 1. The number of hydrogen-bond donors (Lipinski definition) is 0. The normalized spacial score (nSPS) is 10.7. The zero-order chi connectivity index (χ0) is 15.1. The first-order chi connectivity index (χ1) is 9.45. The van der Waals surface area contributed by atoms with Crippen LogP contribution in [0.2, 0.25) is 0 Å². The highest BCUT2D eigenvalue weighted by Crippen LogP contribution is 2.23. The SMILES string of the molecule is Cc1cc(OCCN(C)C(=O)CCCl)ccc1C(C)C. The number of halogens is 1. The van der Waals surface area contributed by atoms with Crippen molar-refractivity contribution in [3.8, 4) is 5.75 Å². The summed E-state index contributed by atoms with van der Waals surface area (Å²) in [5, 5.41) is 0. The first-order valence-electron chi connectivity index (χ1n) is 6.99. The third-order valence-electron chi connectivity index (χ3n) is 3.29. The summed E-state index contributed by atoms with van der Waals surface area (Å²) in [6.45, 7) is 7.52. The predicted octanol–water partition coefficient (Wildman–Crippen LogP) is 3.58. The summed E-state index contributed by atoms with van der Waals surface area (Å²) in [6.07, 6.45) is 0.375. The van der Waals surface area contributed by atoms with Crippen LogP contribution in [0.25, 0.3) is 0 Å². The molecule has 0 fully saturated rings. The number of rotatable bonds is 7. The molecule has 3 nitrogen and oxygen atoms in total. The van der Waals surface area contributed by atoms with Crippen LogP contribution in [-0.2, 0) is 4.79 Å². The van der Waals surface area contributed by atoms with Crippen molar-refractivity contribution in [2.75, 3.05) is 26.1 Å². The maximum Gasteiger partial charge on any atom is 0.223 e. The van der Waals surface area contributed by atoms with Crippen molar-refractivity contribution in [1.82, 2.24) is 4.90 Å². The molecular weight excluding hydrogens is 274 g/mol. The Hall–Kier alpha value is -1.22. The molecule has 0 saturated heterocycles. The summed E-state index contributed by atoms with van der Waals surface area (Å²) in [6, 6.07) is 6.15. The van der Waals surface area contributed by atoms with Gasteiger partial charge in [0.25, 0.3) is 0 Å². The van der Waals surface area contributed by atoms with Gasteiger partial charge in [0.15, 0.2) is 0 Å². The van der Waals surface area contributed by atoms with Gasteiger partial charge in [0.1, 0.15) is 12.4 Å². The largest absolute Gasteiger partial charge is 0.492 e. The maximum absolute atomic E-state index is 11.5. The van der Waals surface area contributed by atoms with E-state index in [4.69, 9.17) is 16.3 Å². The van der Waals surface area contributed by atoms with E-state index in [0.717, 1.165) is 5.75 Å².